The predicted molar refractivity (Wildman–Crippen MR) is 175 cm³/mol. The minimum absolute atomic E-state index is 0.0917. The number of rotatable bonds is 8. The lowest BCUT2D eigenvalue weighted by molar-refractivity contribution is -0.0149. The molecule has 4 rings (SSSR count). The van der Waals surface area contributed by atoms with Gasteiger partial charge < -0.3 is 24.4 Å². The number of carbonyl (C=O) groups is 2. The zero-order valence-electron chi connectivity index (χ0n) is 26.8. The van der Waals surface area contributed by atoms with Crippen LogP contribution in [-0.2, 0) is 14.8 Å². The van der Waals surface area contributed by atoms with Crippen molar-refractivity contribution < 1.29 is 32.6 Å². The van der Waals surface area contributed by atoms with Gasteiger partial charge in [-0.25, -0.2) is 8.42 Å². The van der Waals surface area contributed by atoms with Crippen molar-refractivity contribution in [3.63, 3.8) is 0 Å². The molecular formula is C34H44N4O7S. The van der Waals surface area contributed by atoms with E-state index in [9.17, 15) is 23.1 Å². The van der Waals surface area contributed by atoms with E-state index < -0.39 is 28.1 Å². The van der Waals surface area contributed by atoms with Gasteiger partial charge in [0.15, 0.2) is 0 Å². The lowest BCUT2D eigenvalue weighted by Crippen LogP contribution is -2.48. The Labute approximate surface area is 271 Å². The maximum absolute atomic E-state index is 14.3. The summed E-state index contributed by atoms with van der Waals surface area (Å²) in [6.45, 7) is 6.30. The molecule has 0 fully saturated rings. The van der Waals surface area contributed by atoms with Crippen LogP contribution < -0.4 is 9.46 Å². The maximum Gasteiger partial charge on any atom is 0.261 e. The van der Waals surface area contributed by atoms with Crippen LogP contribution in [0, 0.1) is 5.92 Å². The first-order chi connectivity index (χ1) is 22.0. The summed E-state index contributed by atoms with van der Waals surface area (Å²) in [5, 5.41) is 10.2. The van der Waals surface area contributed by atoms with E-state index in [2.05, 4.69) is 9.71 Å². The van der Waals surface area contributed by atoms with Crippen LogP contribution in [0.15, 0.2) is 78.0 Å². The number of nitrogens with zero attached hydrogens (tertiary/aromatic N) is 3. The summed E-state index contributed by atoms with van der Waals surface area (Å²) >= 11 is 0. The van der Waals surface area contributed by atoms with E-state index in [0.717, 1.165) is 12.8 Å². The molecule has 0 spiro atoms. The molecule has 1 aromatic heterocycles. The van der Waals surface area contributed by atoms with Gasteiger partial charge in [-0.15, -0.1) is 0 Å². The highest BCUT2D eigenvalue weighted by molar-refractivity contribution is 7.92. The molecule has 2 heterocycles. The smallest absolute Gasteiger partial charge is 0.261 e. The highest BCUT2D eigenvalue weighted by Gasteiger charge is 2.31. The maximum atomic E-state index is 14.3. The fraction of sp³-hybridized carbons (Fsp3) is 0.441. The number of pyridine rings is 1. The number of anilines is 1. The zero-order chi connectivity index (χ0) is 33.3. The van der Waals surface area contributed by atoms with Crippen LogP contribution in [0.4, 0.5) is 5.69 Å². The number of hydrogen-bond donors (Lipinski definition) is 2. The predicted octanol–water partition coefficient (Wildman–Crippen LogP) is 4.45. The third-order valence-electron chi connectivity index (χ3n) is 8.09. The van der Waals surface area contributed by atoms with Gasteiger partial charge >= 0.3 is 0 Å². The SMILES string of the molecule is C[C@@H]1CN([C@H](C)CO)C(=O)c2cc(NS(=O)(=O)c3ccccc3)ccc2O[C@@H](C)CCCCO[C@@H]1CN(C)C(=O)c1ccncc1. The van der Waals surface area contributed by atoms with Gasteiger partial charge in [0.05, 0.1) is 35.3 Å². The van der Waals surface area contributed by atoms with Crippen LogP contribution in [0.3, 0.4) is 0 Å². The Bertz CT molecular complexity index is 1560. The molecule has 2 N–H and O–H groups in total. The van der Waals surface area contributed by atoms with Crippen molar-refractivity contribution in [2.45, 2.75) is 63.2 Å². The molecule has 12 heteroatoms. The van der Waals surface area contributed by atoms with Gasteiger partial charge in [0.2, 0.25) is 0 Å². The number of benzene rings is 2. The van der Waals surface area contributed by atoms with E-state index in [-0.39, 0.29) is 47.2 Å². The molecule has 2 amide bonds. The molecule has 4 atom stereocenters. The van der Waals surface area contributed by atoms with Crippen molar-refractivity contribution in [3.05, 3.63) is 84.2 Å². The van der Waals surface area contributed by atoms with Crippen LogP contribution >= 0.6 is 0 Å². The molecular weight excluding hydrogens is 608 g/mol. The van der Waals surface area contributed by atoms with Crippen molar-refractivity contribution in [1.82, 2.24) is 14.8 Å². The van der Waals surface area contributed by atoms with E-state index in [4.69, 9.17) is 9.47 Å². The first kappa shape index (κ1) is 34.9. The van der Waals surface area contributed by atoms with Crippen LogP contribution in [0.5, 0.6) is 5.75 Å². The summed E-state index contributed by atoms with van der Waals surface area (Å²) in [7, 11) is -2.20. The van der Waals surface area contributed by atoms with Crippen molar-refractivity contribution >= 4 is 27.5 Å². The number of carbonyl (C=O) groups excluding carboxylic acids is 2. The van der Waals surface area contributed by atoms with E-state index in [1.165, 1.54) is 18.2 Å². The van der Waals surface area contributed by atoms with Crippen LogP contribution in [-0.4, -0.2) is 91.7 Å². The summed E-state index contributed by atoms with van der Waals surface area (Å²) in [6, 6.07) is 15.4. The van der Waals surface area contributed by atoms with Crippen molar-refractivity contribution in [3.8, 4) is 5.75 Å². The highest BCUT2D eigenvalue weighted by Crippen LogP contribution is 2.29. The Kier molecular flexibility index (Phi) is 12.1. The quantitative estimate of drug-likeness (QED) is 0.364. The van der Waals surface area contributed by atoms with Gasteiger partial charge in [-0.05, 0) is 75.6 Å². The fourth-order valence-electron chi connectivity index (χ4n) is 5.33. The van der Waals surface area contributed by atoms with Gasteiger partial charge in [-0.3, -0.25) is 19.3 Å². The summed E-state index contributed by atoms with van der Waals surface area (Å²) < 4.78 is 41.3. The van der Waals surface area contributed by atoms with E-state index >= 15 is 0 Å². The van der Waals surface area contributed by atoms with Crippen molar-refractivity contribution in [2.24, 2.45) is 5.92 Å². The van der Waals surface area contributed by atoms with Gasteiger partial charge in [-0.2, -0.15) is 0 Å². The van der Waals surface area contributed by atoms with Crippen molar-refractivity contribution in [2.75, 3.05) is 38.1 Å². The molecule has 0 aliphatic carbocycles. The van der Waals surface area contributed by atoms with E-state index in [1.54, 1.807) is 78.6 Å². The number of aliphatic hydroxyl groups is 1. The standard InChI is InChI=1S/C34H44N4O7S/c1-24-21-38(25(2)23-39)34(41)30-20-28(36-46(42,43)29-11-6-5-7-12-29)13-14-31(30)45-26(3)10-8-9-19-44-32(24)22-37(4)33(40)27-15-17-35-18-16-27/h5-7,11-18,20,24-26,32,36,39H,8-10,19,21-23H2,1-4H3/t24-,25-,26+,32-/m1/s1. The lowest BCUT2D eigenvalue weighted by atomic mass is 10.0. The second-order valence-corrected chi connectivity index (χ2v) is 13.5. The van der Waals surface area contributed by atoms with Crippen LogP contribution in [0.25, 0.3) is 0 Å². The van der Waals surface area contributed by atoms with E-state index in [0.29, 0.717) is 30.9 Å². The monoisotopic (exact) mass is 652 g/mol. The number of hydrogen-bond acceptors (Lipinski definition) is 8. The molecule has 248 valence electrons. The lowest BCUT2D eigenvalue weighted by Gasteiger charge is -2.36. The summed E-state index contributed by atoms with van der Waals surface area (Å²) in [4.78, 5) is 34.7. The van der Waals surface area contributed by atoms with Gasteiger partial charge in [0.25, 0.3) is 21.8 Å². The Balaban J connectivity index is 1.66. The number of sulfonamides is 1. The molecule has 2 aromatic carbocycles. The number of aromatic nitrogens is 1. The highest BCUT2D eigenvalue weighted by atomic mass is 32.2. The Morgan fingerprint density at radius 1 is 1.11 bits per heavy atom. The Morgan fingerprint density at radius 2 is 1.83 bits per heavy atom. The van der Waals surface area contributed by atoms with Crippen LogP contribution in [0.2, 0.25) is 0 Å². The zero-order valence-corrected chi connectivity index (χ0v) is 27.7. The molecule has 0 radical (unpaired) electrons. The minimum Gasteiger partial charge on any atom is -0.490 e. The second-order valence-electron chi connectivity index (χ2n) is 11.9. The third-order valence-corrected chi connectivity index (χ3v) is 9.48. The largest absolute Gasteiger partial charge is 0.490 e. The molecule has 0 unspecified atom stereocenters. The molecule has 3 aromatic rings. The molecule has 46 heavy (non-hydrogen) atoms. The molecule has 0 saturated heterocycles. The van der Waals surface area contributed by atoms with Gasteiger partial charge in [0.1, 0.15) is 5.75 Å². The molecule has 1 aliphatic heterocycles. The Morgan fingerprint density at radius 3 is 2.52 bits per heavy atom. The Hall–Kier alpha value is -4.00. The first-order valence-electron chi connectivity index (χ1n) is 15.6. The summed E-state index contributed by atoms with van der Waals surface area (Å²) in [6.07, 6.45) is 4.81. The molecule has 11 nitrogen and oxygen atoms in total. The summed E-state index contributed by atoms with van der Waals surface area (Å²) in [5.41, 5.74) is 0.892. The number of likely N-dealkylation sites (N-methyl/N-ethyl adjacent to an activating group) is 1. The number of aliphatic hydroxyl groups excluding tert-OH is 1. The summed E-state index contributed by atoms with van der Waals surface area (Å²) in [5.74, 6) is -0.500. The van der Waals surface area contributed by atoms with Crippen molar-refractivity contribution in [1.29, 1.82) is 0 Å². The second kappa shape index (κ2) is 16.0. The fourth-order valence-corrected chi connectivity index (χ4v) is 6.40. The first-order valence-corrected chi connectivity index (χ1v) is 17.1. The number of nitrogens with one attached hydrogen (secondary N) is 1. The van der Waals surface area contributed by atoms with Gasteiger partial charge in [0, 0.05) is 56.3 Å². The number of fused-ring (bicyclic) bond motifs is 1. The molecule has 0 bridgehead atoms. The van der Waals surface area contributed by atoms with Gasteiger partial charge in [-0.1, -0.05) is 25.1 Å². The molecule has 0 saturated carbocycles. The topological polar surface area (TPSA) is 138 Å². The number of amides is 2. The normalized spacial score (nSPS) is 20.5. The average molecular weight is 653 g/mol. The number of ether oxygens (including phenoxy) is 2. The minimum atomic E-state index is -3.91. The average Bonchev–Trinajstić information content (AvgIpc) is 3.06. The molecule has 1 aliphatic rings. The third kappa shape index (κ3) is 9.05. The van der Waals surface area contributed by atoms with Crippen LogP contribution in [0.1, 0.15) is 60.7 Å². The van der Waals surface area contributed by atoms with E-state index in [1.807, 2.05) is 13.8 Å².